The molecule has 0 aliphatic heterocycles. The number of aromatic nitrogens is 9. The first-order chi connectivity index (χ1) is 47.7. The number of rotatable bonds is 12. The van der Waals surface area contributed by atoms with Crippen LogP contribution in [0.15, 0.2) is 291 Å². The van der Waals surface area contributed by atoms with E-state index in [-0.39, 0.29) is 18.6 Å². The number of pyridine rings is 9. The summed E-state index contributed by atoms with van der Waals surface area (Å²) in [6.07, 6.45) is 19.3. The zero-order valence-corrected chi connectivity index (χ0v) is 61.5. The van der Waals surface area contributed by atoms with Crippen molar-refractivity contribution in [2.24, 2.45) is 0 Å². The van der Waals surface area contributed by atoms with Crippen LogP contribution < -0.4 is 4.74 Å². The van der Waals surface area contributed by atoms with E-state index in [0.29, 0.717) is 18.2 Å². The van der Waals surface area contributed by atoms with Crippen molar-refractivity contribution in [1.82, 2.24) is 49.8 Å². The van der Waals surface area contributed by atoms with Crippen LogP contribution in [-0.2, 0) is 25.2 Å². The Morgan fingerprint density at radius 2 is 0.879 bits per heavy atom. The molecule has 14 nitrogen and oxygen atoms in total. The number of aliphatic hydroxyl groups excluding tert-OH is 2. The fourth-order valence-corrected chi connectivity index (χ4v) is 9.09. The third-order valence-electron chi connectivity index (χ3n) is 13.4. The molecule has 9 aromatic heterocycles. The summed E-state index contributed by atoms with van der Waals surface area (Å²) in [6.45, 7) is 23.1. The molecule has 0 aliphatic rings. The lowest BCUT2D eigenvalue weighted by atomic mass is 9.86. The molecule has 518 valence electrons. The van der Waals surface area contributed by atoms with Crippen LogP contribution in [0.3, 0.4) is 0 Å². The van der Waals surface area contributed by atoms with E-state index >= 15 is 0 Å². The van der Waals surface area contributed by atoms with Crippen molar-refractivity contribution in [1.29, 1.82) is 0 Å². The first-order valence-electron chi connectivity index (χ1n) is 32.9. The largest absolute Gasteiger partial charge is 0.478 e. The fourth-order valence-electron chi connectivity index (χ4n) is 8.83. The second-order valence-electron chi connectivity index (χ2n) is 23.1. The maximum absolute atomic E-state index is 9.46. The molecule has 12 aromatic rings. The van der Waals surface area contributed by atoms with Crippen LogP contribution in [0.5, 0.6) is 5.88 Å². The van der Waals surface area contributed by atoms with Crippen molar-refractivity contribution in [2.75, 3.05) is 20.7 Å². The molecule has 0 aliphatic carbocycles. The second-order valence-corrected chi connectivity index (χ2v) is 24.0. The summed E-state index contributed by atoms with van der Waals surface area (Å²) in [4.78, 5) is 38.3. The maximum atomic E-state index is 9.46. The van der Waals surface area contributed by atoms with Gasteiger partial charge < -0.3 is 25.0 Å². The van der Waals surface area contributed by atoms with Crippen LogP contribution in [-0.4, -0.2) is 85.8 Å². The van der Waals surface area contributed by atoms with Gasteiger partial charge in [-0.15, -0.1) is 0 Å². The Morgan fingerprint density at radius 3 is 1.21 bits per heavy atom. The summed E-state index contributed by atoms with van der Waals surface area (Å²) in [6, 6.07) is 74.0. The molecule has 0 radical (unpaired) electrons. The van der Waals surface area contributed by atoms with Gasteiger partial charge in [-0.2, -0.15) is 0 Å². The molecule has 0 amide bonds. The van der Waals surface area contributed by atoms with Crippen molar-refractivity contribution in [2.45, 2.75) is 120 Å². The summed E-state index contributed by atoms with van der Waals surface area (Å²) in [5.74, 6) is 0.963. The van der Waals surface area contributed by atoms with Crippen molar-refractivity contribution in [3.05, 3.63) is 370 Å². The van der Waals surface area contributed by atoms with E-state index in [4.69, 9.17) is 14.9 Å². The lowest BCUT2D eigenvalue weighted by Crippen LogP contribution is -2.14. The number of benzene rings is 3. The van der Waals surface area contributed by atoms with E-state index in [2.05, 4.69) is 209 Å². The fraction of sp³-hybridized carbons (Fsp3) is 0.250. The van der Waals surface area contributed by atoms with E-state index in [9.17, 15) is 5.11 Å². The highest BCUT2D eigenvalue weighted by atomic mass is 79.9. The normalized spacial score (nSPS) is 10.2. The van der Waals surface area contributed by atoms with Crippen LogP contribution in [0.1, 0.15) is 132 Å². The topological polar surface area (TPSA) is 189 Å². The van der Waals surface area contributed by atoms with E-state index in [1.165, 1.54) is 39.9 Å². The van der Waals surface area contributed by atoms with E-state index < -0.39 is 5.60 Å². The molecule has 0 spiro atoms. The van der Waals surface area contributed by atoms with Crippen LogP contribution in [0, 0.1) is 41.5 Å². The summed E-state index contributed by atoms with van der Waals surface area (Å²) < 4.78 is 6.23. The molecular formula is C84H101BrN10O4. The van der Waals surface area contributed by atoms with Crippen molar-refractivity contribution < 1.29 is 20.1 Å². The number of aliphatic hydroxyl groups is 3. The van der Waals surface area contributed by atoms with Crippen molar-refractivity contribution in [3.63, 3.8) is 0 Å². The SMILES string of the molecule is CC(C)(O)c1ccncc1.CC(O)c1ccncc1.CCCc1ccccn1.CCOc1ccccn1.CN(C)Cc1ccc(Br)cc1.Cc1cc(C)nc(C)c1.Cc1cccc(C)n1.Cc1ccccn1.OCc1ccccn1.c1ccc(C(c2ccccc2)c2ccncc2)cc1. The van der Waals surface area contributed by atoms with Crippen LogP contribution in [0.4, 0.5) is 0 Å². The molecule has 1 unspecified atom stereocenters. The molecule has 0 bridgehead atoms. The average molecular weight is 1390 g/mol. The molecule has 3 aromatic carbocycles. The number of aryl methyl sites for hydroxylation is 7. The molecule has 0 fully saturated rings. The Morgan fingerprint density at radius 1 is 0.455 bits per heavy atom. The van der Waals surface area contributed by atoms with Gasteiger partial charge in [-0.3, -0.25) is 39.9 Å². The van der Waals surface area contributed by atoms with E-state index in [0.717, 1.165) is 57.0 Å². The van der Waals surface area contributed by atoms with E-state index in [1.54, 1.807) is 94.5 Å². The van der Waals surface area contributed by atoms with Gasteiger partial charge in [0.2, 0.25) is 5.88 Å². The zero-order valence-electron chi connectivity index (χ0n) is 59.9. The minimum atomic E-state index is -0.747. The first-order valence-corrected chi connectivity index (χ1v) is 33.7. The van der Waals surface area contributed by atoms with Gasteiger partial charge in [0.05, 0.1) is 30.6 Å². The van der Waals surface area contributed by atoms with Gasteiger partial charge in [0.1, 0.15) is 0 Å². The Hall–Kier alpha value is -9.87. The minimum Gasteiger partial charge on any atom is -0.478 e. The number of halogens is 1. The number of hydrogen-bond donors (Lipinski definition) is 3. The molecule has 3 N–H and O–H groups in total. The maximum Gasteiger partial charge on any atom is 0.213 e. The first kappa shape index (κ1) is 83.4. The summed E-state index contributed by atoms with van der Waals surface area (Å²) >= 11 is 3.40. The van der Waals surface area contributed by atoms with Gasteiger partial charge in [0, 0.05) is 119 Å². The van der Waals surface area contributed by atoms with E-state index in [1.807, 2.05) is 139 Å². The Labute approximate surface area is 598 Å². The quantitative estimate of drug-likeness (QED) is 0.105. The van der Waals surface area contributed by atoms with Crippen molar-refractivity contribution in [3.8, 4) is 5.88 Å². The Bertz CT molecular complexity index is 3670. The molecular weight excluding hydrogens is 1290 g/mol. The standard InChI is InChI=1S/C18H15N.C9H12BrN.C8H11NO.2C8H11N.2C7H9NO.C7H9N.C6H7NO.C6H7N/c1-3-7-15(8-4-1)18(16-9-5-2-6-10-16)17-11-13-19-14-12-17;1-11(2)7-8-3-5-9(10)6-4-8;1-8(2,10)7-3-5-9-6-4-7;1-6-4-7(2)9-8(3)5-6;1-2-5-8-6-3-4-7-9-8;1-6(9)7-2-4-8-5-3-7;1-2-9-7-5-3-4-6-8-7;1-6-4-3-5-7(2)8-6;8-5-6-3-1-2-4-7-6;1-6-4-2-3-5-7-6/h1-14,18H;3-6H,7H2,1-2H3;3-6,10H,1-2H3;4-5H,1-3H3;3-4,6-7H,2,5H2,1H3;2-6,9H,1H3;3-6H,2H2,1H3;3-5H,1-2H3;1-4,8H,5H2;2-5H,1H3. The average Bonchev–Trinajstić information content (AvgIpc) is 0.832. The Kier molecular flexibility index (Phi) is 42.5. The van der Waals surface area contributed by atoms with Gasteiger partial charge in [-0.25, -0.2) is 4.98 Å². The number of hydrogen-bond acceptors (Lipinski definition) is 14. The monoisotopic (exact) mass is 1390 g/mol. The van der Waals surface area contributed by atoms with Gasteiger partial charge in [-0.05, 0) is 244 Å². The third-order valence-corrected chi connectivity index (χ3v) is 13.9. The molecule has 0 saturated carbocycles. The minimum absolute atomic E-state index is 0.0286. The van der Waals surface area contributed by atoms with Gasteiger partial charge >= 0.3 is 0 Å². The molecule has 0 saturated heterocycles. The smallest absolute Gasteiger partial charge is 0.213 e. The predicted molar refractivity (Wildman–Crippen MR) is 409 cm³/mol. The van der Waals surface area contributed by atoms with Crippen LogP contribution in [0.25, 0.3) is 0 Å². The highest BCUT2D eigenvalue weighted by Gasteiger charge is 2.16. The number of ether oxygens (including phenoxy) is 1. The predicted octanol–water partition coefficient (Wildman–Crippen LogP) is 18.4. The Balaban J connectivity index is 0.000000291. The van der Waals surface area contributed by atoms with Gasteiger partial charge in [0.25, 0.3) is 0 Å². The molecule has 1 atom stereocenters. The molecule has 99 heavy (non-hydrogen) atoms. The summed E-state index contributed by atoms with van der Waals surface area (Å²) in [7, 11) is 4.14. The van der Waals surface area contributed by atoms with Gasteiger partial charge in [-0.1, -0.05) is 132 Å². The molecule has 9 heterocycles. The highest BCUT2D eigenvalue weighted by Crippen LogP contribution is 2.31. The zero-order chi connectivity index (χ0) is 72.3. The third kappa shape index (κ3) is 39.8. The van der Waals surface area contributed by atoms with Crippen LogP contribution >= 0.6 is 15.9 Å². The summed E-state index contributed by atoms with van der Waals surface area (Å²) in [5.41, 5.74) is 14.9. The van der Waals surface area contributed by atoms with Crippen molar-refractivity contribution >= 4 is 15.9 Å². The second kappa shape index (κ2) is 50.5. The lowest BCUT2D eigenvalue weighted by Gasteiger charge is -2.18. The van der Waals surface area contributed by atoms with Gasteiger partial charge in [0.15, 0.2) is 0 Å². The molecule has 12 rings (SSSR count). The highest BCUT2D eigenvalue weighted by molar-refractivity contribution is 9.10. The molecule has 15 heteroatoms. The van der Waals surface area contributed by atoms with Crippen LogP contribution in [0.2, 0.25) is 0 Å². The summed E-state index contributed by atoms with van der Waals surface area (Å²) in [5, 5.41) is 26.9. The number of nitrogens with zero attached hydrogens (tertiary/aromatic N) is 10. The lowest BCUT2D eigenvalue weighted by molar-refractivity contribution is 0.0785.